The summed E-state index contributed by atoms with van der Waals surface area (Å²) in [5, 5.41) is 6.80. The van der Waals surface area contributed by atoms with Crippen LogP contribution < -0.4 is 10.6 Å². The van der Waals surface area contributed by atoms with Gasteiger partial charge in [0.25, 0.3) is 10.0 Å². The summed E-state index contributed by atoms with van der Waals surface area (Å²) in [5.74, 6) is 1.59. The van der Waals surface area contributed by atoms with Crippen LogP contribution in [-0.2, 0) is 21.3 Å². The Kier molecular flexibility index (Phi) is 7.13. The molecule has 0 bridgehead atoms. The fourth-order valence-electron chi connectivity index (χ4n) is 3.47. The van der Waals surface area contributed by atoms with Crippen LogP contribution in [0.25, 0.3) is 0 Å². The third-order valence-electron chi connectivity index (χ3n) is 5.21. The van der Waals surface area contributed by atoms with E-state index < -0.39 is 10.0 Å². The number of rotatable bonds is 5. The van der Waals surface area contributed by atoms with Gasteiger partial charge in [-0.15, -0.1) is 11.3 Å². The molecule has 0 atom stereocenters. The lowest BCUT2D eigenvalue weighted by Gasteiger charge is -2.28. The summed E-state index contributed by atoms with van der Waals surface area (Å²) in [6.45, 7) is 4.63. The van der Waals surface area contributed by atoms with Gasteiger partial charge in [-0.3, -0.25) is 4.99 Å². The molecule has 3 rings (SSSR count). The third kappa shape index (κ3) is 5.43. The minimum Gasteiger partial charge on any atom is -0.379 e. The molecule has 2 fully saturated rings. The van der Waals surface area contributed by atoms with Crippen LogP contribution >= 0.6 is 11.3 Å². The molecule has 1 saturated carbocycles. The minimum atomic E-state index is -3.42. The van der Waals surface area contributed by atoms with Crippen molar-refractivity contribution in [3.05, 3.63) is 17.0 Å². The third-order valence-corrected chi connectivity index (χ3v) is 8.66. The topological polar surface area (TPSA) is 83.0 Å². The van der Waals surface area contributed by atoms with E-state index in [1.807, 2.05) is 6.07 Å². The molecule has 2 aliphatic rings. The molecule has 1 aliphatic carbocycles. The molecule has 0 aromatic carbocycles. The summed E-state index contributed by atoms with van der Waals surface area (Å²) in [7, 11) is -1.65. The number of hydrogen-bond acceptors (Lipinski definition) is 5. The van der Waals surface area contributed by atoms with E-state index in [0.717, 1.165) is 16.8 Å². The van der Waals surface area contributed by atoms with E-state index in [4.69, 9.17) is 4.74 Å². The van der Waals surface area contributed by atoms with Crippen LogP contribution in [0, 0.1) is 5.92 Å². The zero-order chi connectivity index (χ0) is 19.3. The van der Waals surface area contributed by atoms with Crippen LogP contribution in [0.5, 0.6) is 0 Å². The van der Waals surface area contributed by atoms with E-state index in [2.05, 4.69) is 22.5 Å². The zero-order valence-electron chi connectivity index (χ0n) is 16.1. The highest BCUT2D eigenvalue weighted by molar-refractivity contribution is 7.91. The maximum atomic E-state index is 12.7. The fourth-order valence-corrected chi connectivity index (χ4v) is 6.33. The molecule has 0 radical (unpaired) electrons. The summed E-state index contributed by atoms with van der Waals surface area (Å²) in [6.07, 6.45) is 4.84. The molecule has 0 unspecified atom stereocenters. The van der Waals surface area contributed by atoms with E-state index >= 15 is 0 Å². The summed E-state index contributed by atoms with van der Waals surface area (Å²) in [5.41, 5.74) is 0. The second-order valence-electron chi connectivity index (χ2n) is 7.26. The Morgan fingerprint density at radius 1 is 1.26 bits per heavy atom. The number of nitrogens with one attached hydrogen (secondary N) is 2. The molecular formula is C18H30N4O3S2. The average Bonchev–Trinajstić information content (AvgIpc) is 3.17. The molecular weight excluding hydrogens is 384 g/mol. The number of hydrogen-bond donors (Lipinski definition) is 2. The first-order valence-electron chi connectivity index (χ1n) is 9.63. The molecule has 1 aromatic rings. The number of morpholine rings is 1. The molecule has 152 valence electrons. The Labute approximate surface area is 166 Å². The van der Waals surface area contributed by atoms with Gasteiger partial charge in [0.2, 0.25) is 0 Å². The second-order valence-corrected chi connectivity index (χ2v) is 10.6. The number of ether oxygens (including phenoxy) is 1. The summed E-state index contributed by atoms with van der Waals surface area (Å²) >= 11 is 1.32. The molecule has 1 saturated heterocycles. The van der Waals surface area contributed by atoms with Crippen molar-refractivity contribution in [1.82, 2.24) is 14.9 Å². The van der Waals surface area contributed by atoms with Gasteiger partial charge in [0.15, 0.2) is 5.96 Å². The maximum absolute atomic E-state index is 12.7. The number of sulfonamides is 1. The molecule has 27 heavy (non-hydrogen) atoms. The molecule has 0 amide bonds. The lowest BCUT2D eigenvalue weighted by molar-refractivity contribution is 0.0731. The Morgan fingerprint density at radius 2 is 1.96 bits per heavy atom. The molecule has 2 heterocycles. The summed E-state index contributed by atoms with van der Waals surface area (Å²) in [4.78, 5) is 5.28. The van der Waals surface area contributed by atoms with Gasteiger partial charge in [0, 0.05) is 31.1 Å². The first-order chi connectivity index (χ1) is 13.0. The van der Waals surface area contributed by atoms with E-state index in [0.29, 0.717) is 43.1 Å². The van der Waals surface area contributed by atoms with Crippen molar-refractivity contribution >= 4 is 27.3 Å². The van der Waals surface area contributed by atoms with Gasteiger partial charge in [0.05, 0.1) is 19.8 Å². The van der Waals surface area contributed by atoms with Crippen molar-refractivity contribution in [2.45, 2.75) is 49.4 Å². The zero-order valence-corrected chi connectivity index (χ0v) is 17.7. The van der Waals surface area contributed by atoms with Crippen LogP contribution in [0.4, 0.5) is 0 Å². The molecule has 1 aliphatic heterocycles. The highest BCUT2D eigenvalue weighted by atomic mass is 32.2. The normalized spacial score (nSPS) is 25.3. The first kappa shape index (κ1) is 20.6. The SMILES string of the molecule is CN=C(NCc1ccc(S(=O)(=O)N2CCOCC2)s1)NC1CCC(C)CC1. The van der Waals surface area contributed by atoms with Crippen LogP contribution in [0.15, 0.2) is 21.3 Å². The first-order valence-corrected chi connectivity index (χ1v) is 11.9. The monoisotopic (exact) mass is 414 g/mol. The van der Waals surface area contributed by atoms with Crippen molar-refractivity contribution in [1.29, 1.82) is 0 Å². The number of guanidine groups is 1. The van der Waals surface area contributed by atoms with Crippen LogP contribution in [0.3, 0.4) is 0 Å². The van der Waals surface area contributed by atoms with Gasteiger partial charge >= 0.3 is 0 Å². The highest BCUT2D eigenvalue weighted by Gasteiger charge is 2.27. The Hall–Kier alpha value is -1.16. The van der Waals surface area contributed by atoms with E-state index in [-0.39, 0.29) is 0 Å². The number of thiophene rings is 1. The maximum Gasteiger partial charge on any atom is 0.252 e. The average molecular weight is 415 g/mol. The van der Waals surface area contributed by atoms with Crippen LogP contribution in [0.1, 0.15) is 37.5 Å². The molecule has 7 nitrogen and oxygen atoms in total. The fraction of sp³-hybridized carbons (Fsp3) is 0.722. The predicted molar refractivity (Wildman–Crippen MR) is 109 cm³/mol. The van der Waals surface area contributed by atoms with Gasteiger partial charge in [-0.25, -0.2) is 8.42 Å². The smallest absolute Gasteiger partial charge is 0.252 e. The van der Waals surface area contributed by atoms with Gasteiger partial charge in [0.1, 0.15) is 4.21 Å². The van der Waals surface area contributed by atoms with Gasteiger partial charge in [-0.1, -0.05) is 6.92 Å². The summed E-state index contributed by atoms with van der Waals surface area (Å²) in [6, 6.07) is 4.04. The van der Waals surface area contributed by atoms with E-state index in [1.165, 1.54) is 41.3 Å². The van der Waals surface area contributed by atoms with Crippen molar-refractivity contribution in [3.63, 3.8) is 0 Å². The summed E-state index contributed by atoms with van der Waals surface area (Å²) < 4.78 is 32.6. The van der Waals surface area contributed by atoms with Crippen molar-refractivity contribution < 1.29 is 13.2 Å². The van der Waals surface area contributed by atoms with Gasteiger partial charge in [-0.2, -0.15) is 4.31 Å². The Morgan fingerprint density at radius 3 is 2.63 bits per heavy atom. The Bertz CT molecular complexity index is 734. The Balaban J connectivity index is 1.54. The molecule has 1 aromatic heterocycles. The van der Waals surface area contributed by atoms with Gasteiger partial charge in [-0.05, 0) is 43.7 Å². The standard InChI is InChI=1S/C18H30N4O3S2/c1-14-3-5-15(6-4-14)21-18(19-2)20-13-16-7-8-17(26-16)27(23,24)22-9-11-25-12-10-22/h7-8,14-15H,3-6,9-13H2,1-2H3,(H2,19,20,21). The number of aliphatic imine (C=N–C) groups is 1. The van der Waals surface area contributed by atoms with Crippen molar-refractivity contribution in [2.75, 3.05) is 33.4 Å². The number of nitrogens with zero attached hydrogens (tertiary/aromatic N) is 2. The largest absolute Gasteiger partial charge is 0.379 e. The van der Waals surface area contributed by atoms with E-state index in [9.17, 15) is 8.42 Å². The highest BCUT2D eigenvalue weighted by Crippen LogP contribution is 2.26. The molecule has 9 heteroatoms. The lowest BCUT2D eigenvalue weighted by atomic mass is 9.87. The van der Waals surface area contributed by atoms with E-state index in [1.54, 1.807) is 13.1 Å². The van der Waals surface area contributed by atoms with Crippen molar-refractivity contribution in [3.8, 4) is 0 Å². The second kappa shape index (κ2) is 9.36. The van der Waals surface area contributed by atoms with Crippen LogP contribution in [0.2, 0.25) is 0 Å². The quantitative estimate of drug-likeness (QED) is 0.569. The minimum absolute atomic E-state index is 0.394. The van der Waals surface area contributed by atoms with Crippen molar-refractivity contribution in [2.24, 2.45) is 10.9 Å². The van der Waals surface area contributed by atoms with Gasteiger partial charge < -0.3 is 15.4 Å². The molecule has 0 spiro atoms. The molecule has 2 N–H and O–H groups in total. The van der Waals surface area contributed by atoms with Crippen LogP contribution in [-0.4, -0.2) is 58.1 Å². The lowest BCUT2D eigenvalue weighted by Crippen LogP contribution is -2.44. The predicted octanol–water partition coefficient (Wildman–Crippen LogP) is 2.01.